The standard InChI is InChI=1S/C18H20ClN3O4/c1-25-14-8-11(19)6-10-7-15(26-16(10)14)18(24)22-5-4-20-9-13(22)17(23)21-12-2-3-12/h6-8,12-13,20H,2-5,9H2,1H3,(H,21,23)/t13-/m0/s1. The van der Waals surface area contributed by atoms with Gasteiger partial charge in [0.2, 0.25) is 5.91 Å². The second kappa shape index (κ2) is 6.81. The number of carbonyl (C=O) groups is 2. The maximum atomic E-state index is 13.0. The van der Waals surface area contributed by atoms with E-state index in [0.717, 1.165) is 12.8 Å². The summed E-state index contributed by atoms with van der Waals surface area (Å²) in [6.45, 7) is 1.50. The topological polar surface area (TPSA) is 83.8 Å². The first-order valence-electron chi connectivity index (χ1n) is 8.66. The Morgan fingerprint density at radius 2 is 2.15 bits per heavy atom. The molecule has 2 fully saturated rings. The fourth-order valence-corrected chi connectivity index (χ4v) is 3.41. The number of rotatable bonds is 4. The minimum absolute atomic E-state index is 0.121. The third-order valence-corrected chi connectivity index (χ3v) is 4.93. The van der Waals surface area contributed by atoms with Gasteiger partial charge >= 0.3 is 0 Å². The van der Waals surface area contributed by atoms with Gasteiger partial charge < -0.3 is 24.7 Å². The van der Waals surface area contributed by atoms with Gasteiger partial charge in [-0.1, -0.05) is 11.6 Å². The lowest BCUT2D eigenvalue weighted by atomic mass is 10.1. The molecule has 7 nitrogen and oxygen atoms in total. The monoisotopic (exact) mass is 377 g/mol. The molecule has 0 bridgehead atoms. The van der Waals surface area contributed by atoms with E-state index in [-0.39, 0.29) is 23.6 Å². The van der Waals surface area contributed by atoms with E-state index in [9.17, 15) is 9.59 Å². The van der Waals surface area contributed by atoms with Gasteiger partial charge in [-0.25, -0.2) is 0 Å². The van der Waals surface area contributed by atoms with Crippen molar-refractivity contribution in [3.05, 3.63) is 29.0 Å². The van der Waals surface area contributed by atoms with Crippen molar-refractivity contribution in [1.82, 2.24) is 15.5 Å². The van der Waals surface area contributed by atoms with E-state index in [1.165, 1.54) is 7.11 Å². The number of ether oxygens (including phenoxy) is 1. The second-order valence-corrected chi connectivity index (χ2v) is 7.07. The molecule has 138 valence electrons. The predicted molar refractivity (Wildman–Crippen MR) is 96.6 cm³/mol. The van der Waals surface area contributed by atoms with Crippen molar-refractivity contribution >= 4 is 34.4 Å². The van der Waals surface area contributed by atoms with Crippen LogP contribution in [0.2, 0.25) is 5.02 Å². The third-order valence-electron chi connectivity index (χ3n) is 4.71. The largest absolute Gasteiger partial charge is 0.493 e. The number of carbonyl (C=O) groups excluding carboxylic acids is 2. The van der Waals surface area contributed by atoms with E-state index >= 15 is 0 Å². The van der Waals surface area contributed by atoms with Crippen molar-refractivity contribution < 1.29 is 18.7 Å². The van der Waals surface area contributed by atoms with Crippen LogP contribution in [0, 0.1) is 0 Å². The molecule has 1 aliphatic heterocycles. The predicted octanol–water partition coefficient (Wildman–Crippen LogP) is 1.79. The number of benzene rings is 1. The van der Waals surface area contributed by atoms with Gasteiger partial charge in [0, 0.05) is 42.2 Å². The van der Waals surface area contributed by atoms with Crippen molar-refractivity contribution in [2.45, 2.75) is 24.9 Å². The number of methoxy groups -OCH3 is 1. The second-order valence-electron chi connectivity index (χ2n) is 6.64. The first kappa shape index (κ1) is 17.2. The van der Waals surface area contributed by atoms with E-state index in [4.69, 9.17) is 20.8 Å². The Morgan fingerprint density at radius 3 is 2.88 bits per heavy atom. The average molecular weight is 378 g/mol. The fraction of sp³-hybridized carbons (Fsp3) is 0.444. The summed E-state index contributed by atoms with van der Waals surface area (Å²) in [5.41, 5.74) is 0.467. The maximum absolute atomic E-state index is 13.0. The van der Waals surface area contributed by atoms with Crippen LogP contribution in [-0.4, -0.2) is 55.5 Å². The van der Waals surface area contributed by atoms with E-state index in [1.807, 2.05) is 0 Å². The SMILES string of the molecule is COc1cc(Cl)cc2cc(C(=O)N3CCNC[C@H]3C(=O)NC3CC3)oc12. The van der Waals surface area contributed by atoms with Crippen LogP contribution in [0.5, 0.6) is 5.75 Å². The summed E-state index contributed by atoms with van der Waals surface area (Å²) in [6, 6.07) is 4.70. The summed E-state index contributed by atoms with van der Waals surface area (Å²) in [6.07, 6.45) is 2.01. The minimum Gasteiger partial charge on any atom is -0.493 e. The summed E-state index contributed by atoms with van der Waals surface area (Å²) >= 11 is 6.08. The molecule has 1 aromatic carbocycles. The van der Waals surface area contributed by atoms with Crippen LogP contribution in [0.15, 0.2) is 22.6 Å². The Kier molecular flexibility index (Phi) is 4.50. The van der Waals surface area contributed by atoms with E-state index in [1.54, 1.807) is 23.1 Å². The van der Waals surface area contributed by atoms with Crippen molar-refractivity contribution in [3.63, 3.8) is 0 Å². The van der Waals surface area contributed by atoms with Crippen LogP contribution in [0.3, 0.4) is 0 Å². The summed E-state index contributed by atoms with van der Waals surface area (Å²) in [5.74, 6) is 0.211. The molecule has 1 aromatic heterocycles. The smallest absolute Gasteiger partial charge is 0.290 e. The first-order valence-corrected chi connectivity index (χ1v) is 9.04. The number of nitrogens with one attached hydrogen (secondary N) is 2. The molecular formula is C18H20ClN3O4. The molecule has 1 saturated heterocycles. The molecule has 1 aliphatic carbocycles. The van der Waals surface area contributed by atoms with Crippen molar-refractivity contribution in [2.75, 3.05) is 26.7 Å². The lowest BCUT2D eigenvalue weighted by Crippen LogP contribution is -2.59. The van der Waals surface area contributed by atoms with E-state index in [0.29, 0.717) is 41.4 Å². The Balaban J connectivity index is 1.62. The molecule has 0 radical (unpaired) electrons. The molecule has 2 amide bonds. The van der Waals surface area contributed by atoms with Crippen LogP contribution in [-0.2, 0) is 4.79 Å². The van der Waals surface area contributed by atoms with Crippen molar-refractivity contribution in [3.8, 4) is 5.75 Å². The molecule has 1 atom stereocenters. The Bertz CT molecular complexity index is 861. The highest BCUT2D eigenvalue weighted by Gasteiger charge is 2.36. The van der Waals surface area contributed by atoms with E-state index in [2.05, 4.69) is 10.6 Å². The number of fused-ring (bicyclic) bond motifs is 1. The van der Waals surface area contributed by atoms with Crippen LogP contribution >= 0.6 is 11.6 Å². The number of amides is 2. The van der Waals surface area contributed by atoms with Gasteiger partial charge in [-0.2, -0.15) is 0 Å². The van der Waals surface area contributed by atoms with Crippen LogP contribution in [0.4, 0.5) is 0 Å². The van der Waals surface area contributed by atoms with Gasteiger partial charge in [-0.3, -0.25) is 9.59 Å². The number of furan rings is 1. The van der Waals surface area contributed by atoms with Crippen LogP contribution < -0.4 is 15.4 Å². The van der Waals surface area contributed by atoms with Gasteiger partial charge in [0.15, 0.2) is 17.1 Å². The zero-order valence-electron chi connectivity index (χ0n) is 14.4. The van der Waals surface area contributed by atoms with Crippen LogP contribution in [0.25, 0.3) is 11.0 Å². The summed E-state index contributed by atoms with van der Waals surface area (Å²) in [7, 11) is 1.52. The van der Waals surface area contributed by atoms with Gasteiger partial charge in [0.25, 0.3) is 5.91 Å². The Morgan fingerprint density at radius 1 is 1.35 bits per heavy atom. The fourth-order valence-electron chi connectivity index (χ4n) is 3.19. The molecule has 0 unspecified atom stereocenters. The highest BCUT2D eigenvalue weighted by atomic mass is 35.5. The number of halogens is 1. The molecule has 2 N–H and O–H groups in total. The zero-order valence-corrected chi connectivity index (χ0v) is 15.1. The molecular weight excluding hydrogens is 358 g/mol. The van der Waals surface area contributed by atoms with Gasteiger partial charge in [-0.05, 0) is 25.0 Å². The molecule has 0 spiro atoms. The zero-order chi connectivity index (χ0) is 18.3. The molecule has 2 aromatic rings. The minimum atomic E-state index is -0.546. The van der Waals surface area contributed by atoms with Gasteiger partial charge in [0.05, 0.1) is 7.11 Å². The molecule has 2 heterocycles. The van der Waals surface area contributed by atoms with Gasteiger partial charge in [0.1, 0.15) is 6.04 Å². The molecule has 8 heteroatoms. The summed E-state index contributed by atoms with van der Waals surface area (Å²) < 4.78 is 11.0. The van der Waals surface area contributed by atoms with Crippen LogP contribution in [0.1, 0.15) is 23.4 Å². The van der Waals surface area contributed by atoms with Crippen molar-refractivity contribution in [1.29, 1.82) is 0 Å². The molecule has 26 heavy (non-hydrogen) atoms. The number of piperazine rings is 1. The number of hydrogen-bond acceptors (Lipinski definition) is 5. The lowest BCUT2D eigenvalue weighted by molar-refractivity contribution is -0.126. The molecule has 1 saturated carbocycles. The number of hydrogen-bond donors (Lipinski definition) is 2. The average Bonchev–Trinajstić information content (AvgIpc) is 3.35. The van der Waals surface area contributed by atoms with Gasteiger partial charge in [-0.15, -0.1) is 0 Å². The highest BCUT2D eigenvalue weighted by molar-refractivity contribution is 6.31. The molecule has 2 aliphatic rings. The highest BCUT2D eigenvalue weighted by Crippen LogP contribution is 2.33. The molecule has 4 rings (SSSR count). The number of nitrogens with zero attached hydrogens (tertiary/aromatic N) is 1. The normalized spacial score (nSPS) is 20.2. The lowest BCUT2D eigenvalue weighted by Gasteiger charge is -2.34. The summed E-state index contributed by atoms with van der Waals surface area (Å²) in [5, 5.41) is 7.33. The van der Waals surface area contributed by atoms with E-state index < -0.39 is 6.04 Å². The summed E-state index contributed by atoms with van der Waals surface area (Å²) in [4.78, 5) is 27.1. The van der Waals surface area contributed by atoms with Crippen molar-refractivity contribution in [2.24, 2.45) is 0 Å². The Hall–Kier alpha value is -2.25. The Labute approximate surface area is 155 Å². The first-order chi connectivity index (χ1) is 12.6. The maximum Gasteiger partial charge on any atom is 0.290 e. The third kappa shape index (κ3) is 3.24. The quantitative estimate of drug-likeness (QED) is 0.848.